The maximum absolute atomic E-state index is 12.2. The molecule has 0 radical (unpaired) electrons. The van der Waals surface area contributed by atoms with Crippen molar-refractivity contribution in [2.75, 3.05) is 16.8 Å². The predicted octanol–water partition coefficient (Wildman–Crippen LogP) is 2.72. The normalized spacial score (nSPS) is 12.4. The van der Waals surface area contributed by atoms with Gasteiger partial charge in [0.1, 0.15) is 0 Å². The number of amides is 2. The lowest BCUT2D eigenvalue weighted by Crippen LogP contribution is -2.25. The summed E-state index contributed by atoms with van der Waals surface area (Å²) in [7, 11) is 0. The number of benzene rings is 2. The Labute approximate surface area is 134 Å². The van der Waals surface area contributed by atoms with E-state index < -0.39 is 0 Å². The monoisotopic (exact) mass is 305 g/mol. The highest BCUT2D eigenvalue weighted by atomic mass is 16.2. The van der Waals surface area contributed by atoms with Gasteiger partial charge in [-0.15, -0.1) is 0 Å². The molecule has 0 aliphatic carbocycles. The minimum absolute atomic E-state index is 0.0260. The van der Waals surface area contributed by atoms with Gasteiger partial charge in [-0.05, 0) is 54.4 Å². The smallest absolute Gasteiger partial charge is 0.255 e. The lowest BCUT2D eigenvalue weighted by Gasteiger charge is -2.15. The summed E-state index contributed by atoms with van der Waals surface area (Å²) >= 11 is 0. The lowest BCUT2D eigenvalue weighted by atomic mass is 10.1. The number of rotatable bonds is 2. The summed E-state index contributed by atoms with van der Waals surface area (Å²) in [6.07, 6.45) is 0.787. The van der Waals surface area contributed by atoms with Crippen molar-refractivity contribution in [3.8, 4) is 6.07 Å². The van der Waals surface area contributed by atoms with E-state index in [1.807, 2.05) is 18.2 Å². The van der Waals surface area contributed by atoms with Crippen molar-refractivity contribution >= 4 is 23.2 Å². The van der Waals surface area contributed by atoms with Gasteiger partial charge in [-0.1, -0.05) is 0 Å². The van der Waals surface area contributed by atoms with Gasteiger partial charge in [-0.2, -0.15) is 5.26 Å². The van der Waals surface area contributed by atoms with Gasteiger partial charge < -0.3 is 10.2 Å². The van der Waals surface area contributed by atoms with Gasteiger partial charge in [0.05, 0.1) is 11.6 Å². The van der Waals surface area contributed by atoms with Gasteiger partial charge in [0.25, 0.3) is 5.91 Å². The van der Waals surface area contributed by atoms with Crippen LogP contribution in [0.25, 0.3) is 0 Å². The third kappa shape index (κ3) is 2.92. The van der Waals surface area contributed by atoms with E-state index in [2.05, 4.69) is 5.32 Å². The summed E-state index contributed by atoms with van der Waals surface area (Å²) in [4.78, 5) is 25.5. The zero-order valence-electron chi connectivity index (χ0n) is 12.7. The highest BCUT2D eigenvalue weighted by Gasteiger charge is 2.22. The van der Waals surface area contributed by atoms with Gasteiger partial charge in [-0.3, -0.25) is 9.59 Å². The summed E-state index contributed by atoms with van der Waals surface area (Å²) in [5.41, 5.74) is 3.67. The molecular weight excluding hydrogens is 290 g/mol. The van der Waals surface area contributed by atoms with E-state index >= 15 is 0 Å². The molecule has 5 heteroatoms. The van der Waals surface area contributed by atoms with Gasteiger partial charge in [0.2, 0.25) is 5.91 Å². The molecule has 5 nitrogen and oxygen atoms in total. The molecule has 2 aromatic carbocycles. The molecule has 0 fully saturated rings. The van der Waals surface area contributed by atoms with E-state index in [-0.39, 0.29) is 11.8 Å². The molecule has 1 aliphatic heterocycles. The molecule has 0 aromatic heterocycles. The van der Waals surface area contributed by atoms with Crippen molar-refractivity contribution in [2.24, 2.45) is 0 Å². The van der Waals surface area contributed by atoms with E-state index in [0.29, 0.717) is 23.4 Å². The van der Waals surface area contributed by atoms with Crippen molar-refractivity contribution in [3.63, 3.8) is 0 Å². The van der Waals surface area contributed by atoms with E-state index in [4.69, 9.17) is 5.26 Å². The van der Waals surface area contributed by atoms with Crippen molar-refractivity contribution in [3.05, 3.63) is 59.2 Å². The second-order valence-corrected chi connectivity index (χ2v) is 5.41. The molecule has 114 valence electrons. The van der Waals surface area contributed by atoms with E-state index in [9.17, 15) is 9.59 Å². The van der Waals surface area contributed by atoms with Crippen LogP contribution in [0.4, 0.5) is 11.4 Å². The average molecular weight is 305 g/mol. The number of carbonyl (C=O) groups excluding carboxylic acids is 2. The largest absolute Gasteiger partial charge is 0.322 e. The van der Waals surface area contributed by atoms with Crippen LogP contribution < -0.4 is 10.2 Å². The first kappa shape index (κ1) is 14.8. The van der Waals surface area contributed by atoms with Crippen molar-refractivity contribution in [1.82, 2.24) is 0 Å². The van der Waals surface area contributed by atoms with E-state index in [0.717, 1.165) is 17.7 Å². The van der Waals surface area contributed by atoms with Crippen LogP contribution in [0, 0.1) is 11.3 Å². The number of fused-ring (bicyclic) bond motifs is 1. The Balaban J connectivity index is 1.77. The zero-order chi connectivity index (χ0) is 16.4. The van der Waals surface area contributed by atoms with Gasteiger partial charge in [0, 0.05) is 30.4 Å². The summed E-state index contributed by atoms with van der Waals surface area (Å²) in [6, 6.07) is 14.0. The van der Waals surface area contributed by atoms with E-state index in [1.165, 1.54) is 0 Å². The molecule has 0 saturated carbocycles. The van der Waals surface area contributed by atoms with Crippen LogP contribution in [0.3, 0.4) is 0 Å². The fourth-order valence-corrected chi connectivity index (χ4v) is 2.71. The molecule has 2 aromatic rings. The summed E-state index contributed by atoms with van der Waals surface area (Å²) in [5.74, 6) is -0.200. The Kier molecular flexibility index (Phi) is 3.82. The maximum atomic E-state index is 12.2. The maximum Gasteiger partial charge on any atom is 0.255 e. The number of hydrogen-bond donors (Lipinski definition) is 1. The van der Waals surface area contributed by atoms with Crippen LogP contribution in [-0.2, 0) is 11.2 Å². The second-order valence-electron chi connectivity index (χ2n) is 5.41. The first-order valence-electron chi connectivity index (χ1n) is 7.31. The van der Waals surface area contributed by atoms with Crippen LogP contribution in [0.1, 0.15) is 28.4 Å². The molecule has 0 unspecified atom stereocenters. The van der Waals surface area contributed by atoms with Gasteiger partial charge in [-0.25, -0.2) is 0 Å². The minimum Gasteiger partial charge on any atom is -0.322 e. The minimum atomic E-state index is -0.226. The predicted molar refractivity (Wildman–Crippen MR) is 87.3 cm³/mol. The van der Waals surface area contributed by atoms with Crippen LogP contribution in [0.15, 0.2) is 42.5 Å². The van der Waals surface area contributed by atoms with Crippen molar-refractivity contribution in [1.29, 1.82) is 5.26 Å². The third-order valence-electron chi connectivity index (χ3n) is 3.89. The molecule has 1 N–H and O–H groups in total. The van der Waals surface area contributed by atoms with Crippen molar-refractivity contribution < 1.29 is 9.59 Å². The number of nitrogens with one attached hydrogen (secondary N) is 1. The first-order chi connectivity index (χ1) is 11.1. The van der Waals surface area contributed by atoms with Crippen LogP contribution in [-0.4, -0.2) is 18.4 Å². The highest BCUT2D eigenvalue weighted by Crippen LogP contribution is 2.30. The number of nitriles is 1. The Hall–Kier alpha value is -3.13. The molecule has 0 atom stereocenters. The molecule has 1 aliphatic rings. The summed E-state index contributed by atoms with van der Waals surface area (Å²) in [5, 5.41) is 11.6. The first-order valence-corrected chi connectivity index (χ1v) is 7.31. The Morgan fingerprint density at radius 2 is 1.91 bits per heavy atom. The number of carbonyl (C=O) groups is 2. The number of nitrogens with zero attached hydrogens (tertiary/aromatic N) is 2. The lowest BCUT2D eigenvalue weighted by molar-refractivity contribution is -0.116. The topological polar surface area (TPSA) is 73.2 Å². The summed E-state index contributed by atoms with van der Waals surface area (Å²) < 4.78 is 0. The fourth-order valence-electron chi connectivity index (χ4n) is 2.71. The quantitative estimate of drug-likeness (QED) is 0.927. The fraction of sp³-hybridized carbons (Fsp3) is 0.167. The molecular formula is C18H15N3O2. The molecule has 0 bridgehead atoms. The van der Waals surface area contributed by atoms with Crippen molar-refractivity contribution in [2.45, 2.75) is 13.3 Å². The SMILES string of the molecule is CC(=O)N1CCc2cc(NC(=O)c3ccc(C#N)cc3)ccc21. The zero-order valence-corrected chi connectivity index (χ0v) is 12.7. The standard InChI is InChI=1S/C18H15N3O2/c1-12(22)21-9-8-15-10-16(6-7-17(15)21)20-18(23)14-4-2-13(11-19)3-5-14/h2-7,10H,8-9H2,1H3,(H,20,23). The molecule has 3 rings (SSSR count). The number of hydrogen-bond acceptors (Lipinski definition) is 3. The summed E-state index contributed by atoms with van der Waals surface area (Å²) in [6.45, 7) is 2.23. The molecule has 2 amide bonds. The average Bonchev–Trinajstić information content (AvgIpc) is 2.98. The highest BCUT2D eigenvalue weighted by molar-refractivity contribution is 6.04. The number of anilines is 2. The Bertz CT molecular complexity index is 819. The van der Waals surface area contributed by atoms with Crippen LogP contribution in [0.2, 0.25) is 0 Å². The Morgan fingerprint density at radius 1 is 1.17 bits per heavy atom. The van der Waals surface area contributed by atoms with Crippen LogP contribution >= 0.6 is 0 Å². The third-order valence-corrected chi connectivity index (χ3v) is 3.89. The van der Waals surface area contributed by atoms with Gasteiger partial charge in [0.15, 0.2) is 0 Å². The Morgan fingerprint density at radius 3 is 2.57 bits per heavy atom. The second kappa shape index (κ2) is 5.93. The van der Waals surface area contributed by atoms with Gasteiger partial charge >= 0.3 is 0 Å². The molecule has 0 spiro atoms. The molecule has 1 heterocycles. The van der Waals surface area contributed by atoms with Crippen LogP contribution in [0.5, 0.6) is 0 Å². The molecule has 0 saturated heterocycles. The van der Waals surface area contributed by atoms with E-state index in [1.54, 1.807) is 42.2 Å². The molecule has 23 heavy (non-hydrogen) atoms.